The van der Waals surface area contributed by atoms with Crippen LogP contribution >= 0.6 is 0 Å². The maximum absolute atomic E-state index is 10.7. The zero-order valence-electron chi connectivity index (χ0n) is 11.6. The van der Waals surface area contributed by atoms with Crippen molar-refractivity contribution in [1.82, 2.24) is 0 Å². The highest BCUT2D eigenvalue weighted by atomic mass is 16.6. The number of anilines is 1. The molecule has 0 radical (unpaired) electrons. The Morgan fingerprint density at radius 3 is 2.64 bits per heavy atom. The topological polar surface area (TPSA) is 67.5 Å². The second kappa shape index (κ2) is 6.05. The van der Waals surface area contributed by atoms with Crippen molar-refractivity contribution < 1.29 is 4.92 Å². The summed E-state index contributed by atoms with van der Waals surface area (Å²) in [6, 6.07) is 20.3. The van der Waals surface area contributed by atoms with Gasteiger partial charge < -0.3 is 0 Å². The molecule has 3 aromatic carbocycles. The van der Waals surface area contributed by atoms with Crippen LogP contribution in [0.2, 0.25) is 0 Å². The van der Waals surface area contributed by atoms with Crippen LogP contribution in [0.5, 0.6) is 0 Å². The molecule has 0 bridgehead atoms. The van der Waals surface area contributed by atoms with Crippen LogP contribution < -0.4 is 5.43 Å². The maximum atomic E-state index is 10.7. The molecule has 0 unspecified atom stereocenters. The molecule has 0 saturated carbocycles. The summed E-state index contributed by atoms with van der Waals surface area (Å²) in [4.78, 5) is 10.3. The summed E-state index contributed by atoms with van der Waals surface area (Å²) < 4.78 is 0. The van der Waals surface area contributed by atoms with Gasteiger partial charge in [-0.25, -0.2) is 0 Å². The lowest BCUT2D eigenvalue weighted by Crippen LogP contribution is -1.93. The summed E-state index contributed by atoms with van der Waals surface area (Å²) in [6.07, 6.45) is 1.71. The van der Waals surface area contributed by atoms with E-state index in [1.807, 2.05) is 42.5 Å². The van der Waals surface area contributed by atoms with Crippen molar-refractivity contribution in [2.75, 3.05) is 5.43 Å². The highest BCUT2D eigenvalue weighted by Crippen LogP contribution is 2.18. The number of rotatable bonds is 4. The summed E-state index contributed by atoms with van der Waals surface area (Å²) in [5.41, 5.74) is 4.41. The average Bonchev–Trinajstić information content (AvgIpc) is 2.55. The van der Waals surface area contributed by atoms with E-state index in [4.69, 9.17) is 0 Å². The second-order valence-corrected chi connectivity index (χ2v) is 4.75. The van der Waals surface area contributed by atoms with E-state index in [2.05, 4.69) is 10.5 Å². The Hall–Kier alpha value is -3.21. The predicted octanol–water partition coefficient (Wildman–Crippen LogP) is 4.19. The van der Waals surface area contributed by atoms with Crippen molar-refractivity contribution >= 4 is 28.4 Å². The monoisotopic (exact) mass is 291 g/mol. The number of benzene rings is 3. The molecule has 0 aliphatic carbocycles. The normalized spacial score (nSPS) is 10.9. The summed E-state index contributed by atoms with van der Waals surface area (Å²) in [6.45, 7) is 0. The molecule has 0 atom stereocenters. The van der Waals surface area contributed by atoms with Gasteiger partial charge in [0.15, 0.2) is 0 Å². The number of non-ortho nitro benzene ring substituents is 1. The third-order valence-corrected chi connectivity index (χ3v) is 3.28. The molecule has 1 N–H and O–H groups in total. The van der Waals surface area contributed by atoms with Gasteiger partial charge in [-0.05, 0) is 16.8 Å². The molecule has 0 heterocycles. The van der Waals surface area contributed by atoms with E-state index in [1.54, 1.807) is 18.3 Å². The molecular weight excluding hydrogens is 278 g/mol. The minimum atomic E-state index is -0.431. The number of hydrogen-bond acceptors (Lipinski definition) is 4. The van der Waals surface area contributed by atoms with Crippen LogP contribution in [0.25, 0.3) is 10.8 Å². The van der Waals surface area contributed by atoms with Crippen LogP contribution in [0.3, 0.4) is 0 Å². The Morgan fingerprint density at radius 2 is 1.77 bits per heavy atom. The minimum absolute atomic E-state index is 0.0327. The average molecular weight is 291 g/mol. The number of hydrogen-bond donors (Lipinski definition) is 1. The van der Waals surface area contributed by atoms with Gasteiger partial charge in [0.2, 0.25) is 0 Å². The van der Waals surface area contributed by atoms with E-state index in [-0.39, 0.29) is 5.69 Å². The summed E-state index contributed by atoms with van der Waals surface area (Å²) in [7, 11) is 0. The van der Waals surface area contributed by atoms with Crippen molar-refractivity contribution in [2.24, 2.45) is 5.10 Å². The van der Waals surface area contributed by atoms with E-state index in [9.17, 15) is 10.1 Å². The predicted molar refractivity (Wildman–Crippen MR) is 88.3 cm³/mol. The Bertz CT molecular complexity index is 854. The molecular formula is C17H13N3O2. The summed E-state index contributed by atoms with van der Waals surface area (Å²) in [5.74, 6) is 0. The molecule has 3 rings (SSSR count). The molecule has 108 valence electrons. The zero-order chi connectivity index (χ0) is 15.4. The first kappa shape index (κ1) is 13.8. The van der Waals surface area contributed by atoms with Crippen LogP contribution in [0.4, 0.5) is 11.4 Å². The standard InChI is InChI=1S/C17H13N3O2/c21-20(22)16-9-4-8-15(11-16)19-18-12-14-7-3-6-13-5-1-2-10-17(13)14/h1-12,19H/b18-12-. The third-order valence-electron chi connectivity index (χ3n) is 3.28. The highest BCUT2D eigenvalue weighted by molar-refractivity contribution is 5.99. The second-order valence-electron chi connectivity index (χ2n) is 4.75. The lowest BCUT2D eigenvalue weighted by molar-refractivity contribution is -0.384. The molecule has 5 heteroatoms. The van der Waals surface area contributed by atoms with Crippen LogP contribution in [0.15, 0.2) is 71.8 Å². The number of fused-ring (bicyclic) bond motifs is 1. The van der Waals surface area contributed by atoms with Crippen molar-refractivity contribution in [3.05, 3.63) is 82.4 Å². The molecule has 3 aromatic rings. The van der Waals surface area contributed by atoms with Crippen molar-refractivity contribution in [1.29, 1.82) is 0 Å². The number of nitrogens with one attached hydrogen (secondary N) is 1. The Balaban J connectivity index is 1.82. The quantitative estimate of drug-likeness (QED) is 0.445. The molecule has 5 nitrogen and oxygen atoms in total. The van der Waals surface area contributed by atoms with Gasteiger partial charge in [0.25, 0.3) is 5.69 Å². The van der Waals surface area contributed by atoms with Crippen LogP contribution in [-0.4, -0.2) is 11.1 Å². The van der Waals surface area contributed by atoms with Crippen molar-refractivity contribution in [3.8, 4) is 0 Å². The van der Waals surface area contributed by atoms with Gasteiger partial charge in [-0.15, -0.1) is 0 Å². The van der Waals surface area contributed by atoms with Crippen molar-refractivity contribution in [3.63, 3.8) is 0 Å². The lowest BCUT2D eigenvalue weighted by atomic mass is 10.1. The molecule has 0 saturated heterocycles. The first-order chi connectivity index (χ1) is 10.7. The van der Waals surface area contributed by atoms with E-state index < -0.39 is 4.92 Å². The minimum Gasteiger partial charge on any atom is -0.278 e. The fourth-order valence-corrected chi connectivity index (χ4v) is 2.23. The molecule has 0 amide bonds. The van der Waals surface area contributed by atoms with E-state index in [0.29, 0.717) is 5.69 Å². The van der Waals surface area contributed by atoms with Crippen LogP contribution in [-0.2, 0) is 0 Å². The Labute approximate surface area is 127 Å². The zero-order valence-corrected chi connectivity index (χ0v) is 11.6. The fraction of sp³-hybridized carbons (Fsp3) is 0. The van der Waals surface area contributed by atoms with Gasteiger partial charge in [0.05, 0.1) is 16.8 Å². The van der Waals surface area contributed by atoms with Crippen LogP contribution in [0.1, 0.15) is 5.56 Å². The SMILES string of the molecule is O=[N+]([O-])c1cccc(N/N=C\c2cccc3ccccc23)c1. The number of nitrogens with zero attached hydrogens (tertiary/aromatic N) is 2. The van der Waals surface area contributed by atoms with Crippen LogP contribution in [0, 0.1) is 10.1 Å². The molecule has 22 heavy (non-hydrogen) atoms. The van der Waals surface area contributed by atoms with Gasteiger partial charge in [0, 0.05) is 17.7 Å². The maximum Gasteiger partial charge on any atom is 0.271 e. The summed E-state index contributed by atoms with van der Waals surface area (Å²) in [5, 5.41) is 17.1. The molecule has 0 aromatic heterocycles. The van der Waals surface area contributed by atoms with Gasteiger partial charge in [0.1, 0.15) is 0 Å². The van der Waals surface area contributed by atoms with Crippen molar-refractivity contribution in [2.45, 2.75) is 0 Å². The number of nitro groups is 1. The highest BCUT2D eigenvalue weighted by Gasteiger charge is 2.04. The van der Waals surface area contributed by atoms with E-state index in [0.717, 1.165) is 16.3 Å². The van der Waals surface area contributed by atoms with Gasteiger partial charge in [-0.3, -0.25) is 15.5 Å². The van der Waals surface area contributed by atoms with Gasteiger partial charge in [-0.1, -0.05) is 48.5 Å². The Kier molecular flexibility index (Phi) is 3.78. The largest absolute Gasteiger partial charge is 0.278 e. The molecule has 0 aliphatic rings. The first-order valence-corrected chi connectivity index (χ1v) is 6.75. The molecule has 0 fully saturated rings. The Morgan fingerprint density at radius 1 is 1.00 bits per heavy atom. The van der Waals surface area contributed by atoms with E-state index >= 15 is 0 Å². The number of hydrazone groups is 1. The van der Waals surface area contributed by atoms with Gasteiger partial charge in [-0.2, -0.15) is 5.10 Å². The summed E-state index contributed by atoms with van der Waals surface area (Å²) >= 11 is 0. The first-order valence-electron chi connectivity index (χ1n) is 6.75. The third kappa shape index (κ3) is 2.93. The molecule has 0 aliphatic heterocycles. The number of nitro benzene ring substituents is 1. The fourth-order valence-electron chi connectivity index (χ4n) is 2.23. The lowest BCUT2D eigenvalue weighted by Gasteiger charge is -2.02. The van der Waals surface area contributed by atoms with E-state index in [1.165, 1.54) is 12.1 Å². The molecule has 0 spiro atoms. The smallest absolute Gasteiger partial charge is 0.271 e. The van der Waals surface area contributed by atoms with Gasteiger partial charge >= 0.3 is 0 Å².